The number of aromatic nitrogens is 4. The normalized spacial score (nSPS) is 23.7. The smallest absolute Gasteiger partial charge is 0.226 e. The predicted molar refractivity (Wildman–Crippen MR) is 68.8 cm³/mol. The lowest BCUT2D eigenvalue weighted by Gasteiger charge is -2.20. The Balaban J connectivity index is 1.92. The molecule has 2 aromatic rings. The highest BCUT2D eigenvalue weighted by molar-refractivity contribution is 6.28. The summed E-state index contributed by atoms with van der Waals surface area (Å²) in [5.41, 5.74) is 1.35. The SMILES string of the molecule is CO[C@H]1CCC[C@@H]1Nc1nc(Cl)nc2nc[nH]c12. The van der Waals surface area contributed by atoms with Crippen LogP contribution < -0.4 is 5.32 Å². The molecule has 1 aliphatic carbocycles. The lowest BCUT2D eigenvalue weighted by molar-refractivity contribution is 0.101. The molecule has 6 nitrogen and oxygen atoms in total. The van der Waals surface area contributed by atoms with Crippen molar-refractivity contribution in [3.63, 3.8) is 0 Å². The van der Waals surface area contributed by atoms with Crippen LogP contribution in [0.4, 0.5) is 5.82 Å². The second kappa shape index (κ2) is 4.70. The monoisotopic (exact) mass is 267 g/mol. The van der Waals surface area contributed by atoms with Gasteiger partial charge >= 0.3 is 0 Å². The number of nitrogens with one attached hydrogen (secondary N) is 2. The maximum Gasteiger partial charge on any atom is 0.226 e. The first kappa shape index (κ1) is 11.7. The highest BCUT2D eigenvalue weighted by atomic mass is 35.5. The van der Waals surface area contributed by atoms with E-state index in [0.29, 0.717) is 11.5 Å². The van der Waals surface area contributed by atoms with E-state index in [9.17, 15) is 0 Å². The maximum atomic E-state index is 5.89. The molecule has 0 bridgehead atoms. The van der Waals surface area contributed by atoms with Gasteiger partial charge in [0.1, 0.15) is 5.52 Å². The molecule has 1 fully saturated rings. The first-order valence-electron chi connectivity index (χ1n) is 5.94. The molecule has 1 saturated carbocycles. The fourth-order valence-electron chi connectivity index (χ4n) is 2.46. The van der Waals surface area contributed by atoms with Crippen molar-refractivity contribution in [2.75, 3.05) is 12.4 Å². The minimum atomic E-state index is 0.198. The minimum absolute atomic E-state index is 0.198. The molecule has 1 aliphatic rings. The van der Waals surface area contributed by atoms with Crippen LogP contribution in [0.15, 0.2) is 6.33 Å². The standard InChI is InChI=1S/C11H14ClN5O/c1-18-7-4-2-3-6(7)15-10-8-9(14-5-13-8)16-11(12)17-10/h5-7H,2-4H2,1H3,(H2,13,14,15,16,17)/t6-,7-/m0/s1. The van der Waals surface area contributed by atoms with Gasteiger partial charge in [-0.3, -0.25) is 0 Å². The van der Waals surface area contributed by atoms with Crippen molar-refractivity contribution in [1.82, 2.24) is 19.9 Å². The van der Waals surface area contributed by atoms with E-state index in [1.807, 2.05) is 0 Å². The van der Waals surface area contributed by atoms with E-state index in [0.717, 1.165) is 24.8 Å². The number of aromatic amines is 1. The molecule has 2 N–H and O–H groups in total. The van der Waals surface area contributed by atoms with Crippen LogP contribution in [0.2, 0.25) is 5.28 Å². The zero-order chi connectivity index (χ0) is 12.5. The molecule has 0 radical (unpaired) electrons. The van der Waals surface area contributed by atoms with Gasteiger partial charge in [0.2, 0.25) is 5.28 Å². The minimum Gasteiger partial charge on any atom is -0.379 e. The first-order chi connectivity index (χ1) is 8.78. The van der Waals surface area contributed by atoms with Gasteiger partial charge < -0.3 is 15.0 Å². The Labute approximate surface area is 109 Å². The van der Waals surface area contributed by atoms with Crippen molar-refractivity contribution in [2.45, 2.75) is 31.4 Å². The van der Waals surface area contributed by atoms with Gasteiger partial charge in [-0.15, -0.1) is 0 Å². The summed E-state index contributed by atoms with van der Waals surface area (Å²) in [6.07, 6.45) is 5.09. The second-order valence-electron chi connectivity index (χ2n) is 4.40. The van der Waals surface area contributed by atoms with Crippen molar-refractivity contribution >= 4 is 28.6 Å². The zero-order valence-electron chi connectivity index (χ0n) is 9.98. The van der Waals surface area contributed by atoms with Crippen LogP contribution >= 0.6 is 11.6 Å². The van der Waals surface area contributed by atoms with Crippen LogP contribution in [0.5, 0.6) is 0 Å². The van der Waals surface area contributed by atoms with Crippen LogP contribution in [-0.4, -0.2) is 39.2 Å². The summed E-state index contributed by atoms with van der Waals surface area (Å²) in [4.78, 5) is 15.4. The highest BCUT2D eigenvalue weighted by Crippen LogP contribution is 2.27. The number of methoxy groups -OCH3 is 1. The molecule has 0 aromatic carbocycles. The predicted octanol–water partition coefficient (Wildman–Crippen LogP) is 1.99. The summed E-state index contributed by atoms with van der Waals surface area (Å²) in [5, 5.41) is 3.58. The molecule has 0 aliphatic heterocycles. The number of imidazole rings is 1. The molecule has 2 aromatic heterocycles. The van der Waals surface area contributed by atoms with E-state index in [-0.39, 0.29) is 17.4 Å². The summed E-state index contributed by atoms with van der Waals surface area (Å²) in [7, 11) is 1.74. The molecule has 0 spiro atoms. The van der Waals surface area contributed by atoms with Gasteiger partial charge in [0, 0.05) is 7.11 Å². The maximum absolute atomic E-state index is 5.89. The van der Waals surface area contributed by atoms with Crippen LogP contribution in [0.1, 0.15) is 19.3 Å². The van der Waals surface area contributed by atoms with Gasteiger partial charge in [-0.1, -0.05) is 0 Å². The van der Waals surface area contributed by atoms with Crippen molar-refractivity contribution in [2.24, 2.45) is 0 Å². The van der Waals surface area contributed by atoms with Gasteiger partial charge in [-0.25, -0.2) is 4.98 Å². The summed E-state index contributed by atoms with van der Waals surface area (Å²) < 4.78 is 5.46. The average molecular weight is 268 g/mol. The topological polar surface area (TPSA) is 75.7 Å². The van der Waals surface area contributed by atoms with Gasteiger partial charge in [0.25, 0.3) is 0 Å². The molecule has 18 heavy (non-hydrogen) atoms. The molecule has 2 atom stereocenters. The zero-order valence-corrected chi connectivity index (χ0v) is 10.7. The largest absolute Gasteiger partial charge is 0.379 e. The number of fused-ring (bicyclic) bond motifs is 1. The average Bonchev–Trinajstić information content (AvgIpc) is 2.96. The van der Waals surface area contributed by atoms with E-state index in [2.05, 4.69) is 25.3 Å². The van der Waals surface area contributed by atoms with Crippen molar-refractivity contribution in [3.8, 4) is 0 Å². The number of hydrogen-bond donors (Lipinski definition) is 2. The number of nitrogens with zero attached hydrogens (tertiary/aromatic N) is 3. The number of H-pyrrole nitrogens is 1. The summed E-state index contributed by atoms with van der Waals surface area (Å²) in [5.74, 6) is 0.691. The summed E-state index contributed by atoms with van der Waals surface area (Å²) in [6.45, 7) is 0. The van der Waals surface area contributed by atoms with Gasteiger partial charge in [0.05, 0.1) is 18.5 Å². The van der Waals surface area contributed by atoms with Gasteiger partial charge in [0.15, 0.2) is 11.5 Å². The molecule has 2 heterocycles. The van der Waals surface area contributed by atoms with E-state index in [1.54, 1.807) is 13.4 Å². The lowest BCUT2D eigenvalue weighted by Crippen LogP contribution is -2.30. The van der Waals surface area contributed by atoms with E-state index < -0.39 is 0 Å². The van der Waals surface area contributed by atoms with Crippen molar-refractivity contribution in [1.29, 1.82) is 0 Å². The Kier molecular flexibility index (Phi) is 3.05. The number of halogens is 1. The fourth-order valence-corrected chi connectivity index (χ4v) is 2.62. The van der Waals surface area contributed by atoms with Gasteiger partial charge in [-0.2, -0.15) is 9.97 Å². The number of hydrogen-bond acceptors (Lipinski definition) is 5. The Hall–Kier alpha value is -1.40. The van der Waals surface area contributed by atoms with Crippen LogP contribution in [-0.2, 0) is 4.74 Å². The first-order valence-corrected chi connectivity index (χ1v) is 6.31. The third-order valence-corrected chi connectivity index (χ3v) is 3.50. The quantitative estimate of drug-likeness (QED) is 0.832. The number of anilines is 1. The second-order valence-corrected chi connectivity index (χ2v) is 4.74. The molecule has 0 amide bonds. The lowest BCUT2D eigenvalue weighted by atomic mass is 10.2. The van der Waals surface area contributed by atoms with E-state index in [4.69, 9.17) is 16.3 Å². The molecule has 0 saturated heterocycles. The van der Waals surface area contributed by atoms with Gasteiger partial charge in [-0.05, 0) is 30.9 Å². The van der Waals surface area contributed by atoms with Crippen molar-refractivity contribution in [3.05, 3.63) is 11.6 Å². The van der Waals surface area contributed by atoms with Crippen LogP contribution in [0.3, 0.4) is 0 Å². The van der Waals surface area contributed by atoms with Crippen LogP contribution in [0.25, 0.3) is 11.2 Å². The molecule has 3 rings (SSSR count). The highest BCUT2D eigenvalue weighted by Gasteiger charge is 2.28. The van der Waals surface area contributed by atoms with Crippen molar-refractivity contribution < 1.29 is 4.74 Å². The molecule has 0 unspecified atom stereocenters. The number of ether oxygens (including phenoxy) is 1. The molecular weight excluding hydrogens is 254 g/mol. The number of rotatable bonds is 3. The Bertz CT molecular complexity index is 557. The molecule has 96 valence electrons. The molecule has 7 heteroatoms. The summed E-state index contributed by atoms with van der Waals surface area (Å²) in [6, 6.07) is 0.257. The Morgan fingerprint density at radius 2 is 2.33 bits per heavy atom. The summed E-state index contributed by atoms with van der Waals surface area (Å²) >= 11 is 5.89. The van der Waals surface area contributed by atoms with Crippen LogP contribution in [0, 0.1) is 0 Å². The Morgan fingerprint density at radius 3 is 3.17 bits per heavy atom. The third kappa shape index (κ3) is 2.02. The third-order valence-electron chi connectivity index (χ3n) is 3.34. The fraction of sp³-hybridized carbons (Fsp3) is 0.545. The molecular formula is C11H14ClN5O. The Morgan fingerprint density at radius 1 is 1.44 bits per heavy atom. The van der Waals surface area contributed by atoms with E-state index in [1.165, 1.54) is 0 Å². The van der Waals surface area contributed by atoms with E-state index >= 15 is 0 Å².